The van der Waals surface area contributed by atoms with Crippen molar-refractivity contribution in [1.82, 2.24) is 5.32 Å². The van der Waals surface area contributed by atoms with E-state index in [2.05, 4.69) is 21.2 Å². The number of amides is 2. The molecular formula is C20H22BrN3O2. The van der Waals surface area contributed by atoms with Crippen LogP contribution < -0.4 is 15.1 Å². The Balaban J connectivity index is 1.63. The number of rotatable bonds is 5. The summed E-state index contributed by atoms with van der Waals surface area (Å²) in [5.74, 6) is -0.976. The summed E-state index contributed by atoms with van der Waals surface area (Å²) in [6.45, 7) is 0.967. The number of anilines is 2. The van der Waals surface area contributed by atoms with E-state index in [9.17, 15) is 9.59 Å². The van der Waals surface area contributed by atoms with Crippen LogP contribution in [0.3, 0.4) is 0 Å². The molecule has 26 heavy (non-hydrogen) atoms. The molecule has 0 saturated carbocycles. The van der Waals surface area contributed by atoms with Gasteiger partial charge in [-0.1, -0.05) is 24.3 Å². The zero-order chi connectivity index (χ0) is 18.7. The van der Waals surface area contributed by atoms with Crippen LogP contribution in [0.25, 0.3) is 0 Å². The Bertz CT molecular complexity index is 822. The van der Waals surface area contributed by atoms with Crippen LogP contribution in [0.4, 0.5) is 11.4 Å². The molecular weight excluding hydrogens is 394 g/mol. The Kier molecular flexibility index (Phi) is 5.61. The van der Waals surface area contributed by atoms with Gasteiger partial charge < -0.3 is 15.1 Å². The Morgan fingerprint density at radius 1 is 1.23 bits per heavy atom. The highest BCUT2D eigenvalue weighted by atomic mass is 79.9. The van der Waals surface area contributed by atoms with E-state index in [4.69, 9.17) is 0 Å². The number of para-hydroxylation sites is 1. The zero-order valence-corrected chi connectivity index (χ0v) is 16.5. The SMILES string of the molecule is CN(C)c1cccc(CNC(=O)C2CCN(c3ccccc3Br)C2=O)c1. The molecule has 0 radical (unpaired) electrons. The van der Waals surface area contributed by atoms with E-state index < -0.39 is 5.92 Å². The standard InChI is InChI=1S/C20H22BrN3O2/c1-23(2)15-7-5-6-14(12-15)13-22-19(25)16-10-11-24(20(16)26)18-9-4-3-8-17(18)21/h3-9,12,16H,10-11,13H2,1-2H3,(H,22,25). The predicted octanol–water partition coefficient (Wildman–Crippen LogP) is 3.18. The third-order valence-corrected chi connectivity index (χ3v) is 5.23. The summed E-state index contributed by atoms with van der Waals surface area (Å²) < 4.78 is 0.856. The Morgan fingerprint density at radius 3 is 2.73 bits per heavy atom. The topological polar surface area (TPSA) is 52.7 Å². The van der Waals surface area contributed by atoms with Crippen LogP contribution in [-0.4, -0.2) is 32.5 Å². The number of nitrogens with one attached hydrogen (secondary N) is 1. The van der Waals surface area contributed by atoms with Crippen LogP contribution in [0.2, 0.25) is 0 Å². The first-order valence-corrected chi connectivity index (χ1v) is 9.36. The van der Waals surface area contributed by atoms with Crippen molar-refractivity contribution in [2.45, 2.75) is 13.0 Å². The van der Waals surface area contributed by atoms with Crippen molar-refractivity contribution in [2.75, 3.05) is 30.4 Å². The Morgan fingerprint density at radius 2 is 2.00 bits per heavy atom. The van der Waals surface area contributed by atoms with Gasteiger partial charge >= 0.3 is 0 Å². The normalized spacial score (nSPS) is 16.7. The molecule has 1 fully saturated rings. The van der Waals surface area contributed by atoms with Gasteiger partial charge in [0.1, 0.15) is 5.92 Å². The average molecular weight is 416 g/mol. The maximum atomic E-state index is 12.7. The van der Waals surface area contributed by atoms with Gasteiger partial charge in [-0.3, -0.25) is 9.59 Å². The molecule has 1 aliphatic rings. The van der Waals surface area contributed by atoms with Crippen molar-refractivity contribution in [3.63, 3.8) is 0 Å². The van der Waals surface area contributed by atoms with Gasteiger partial charge in [-0.2, -0.15) is 0 Å². The maximum Gasteiger partial charge on any atom is 0.239 e. The number of nitrogens with zero attached hydrogens (tertiary/aromatic N) is 2. The van der Waals surface area contributed by atoms with Gasteiger partial charge in [-0.25, -0.2) is 0 Å². The minimum Gasteiger partial charge on any atom is -0.378 e. The van der Waals surface area contributed by atoms with E-state index in [-0.39, 0.29) is 11.8 Å². The number of hydrogen-bond acceptors (Lipinski definition) is 3. The first-order chi connectivity index (χ1) is 12.5. The number of carbonyl (C=O) groups excluding carboxylic acids is 2. The largest absolute Gasteiger partial charge is 0.378 e. The van der Waals surface area contributed by atoms with Crippen LogP contribution in [0.15, 0.2) is 53.0 Å². The minimum absolute atomic E-state index is 0.142. The molecule has 0 aromatic heterocycles. The van der Waals surface area contributed by atoms with Gasteiger partial charge in [0.2, 0.25) is 11.8 Å². The molecule has 1 N–H and O–H groups in total. The monoisotopic (exact) mass is 415 g/mol. The van der Waals surface area contributed by atoms with Crippen molar-refractivity contribution in [2.24, 2.45) is 5.92 Å². The molecule has 136 valence electrons. The summed E-state index contributed by atoms with van der Waals surface area (Å²) in [5.41, 5.74) is 2.90. The molecule has 5 nitrogen and oxygen atoms in total. The quantitative estimate of drug-likeness (QED) is 0.762. The summed E-state index contributed by atoms with van der Waals surface area (Å²) in [4.78, 5) is 28.9. The predicted molar refractivity (Wildman–Crippen MR) is 107 cm³/mol. The molecule has 2 aromatic carbocycles. The van der Waals surface area contributed by atoms with Crippen molar-refractivity contribution >= 4 is 39.1 Å². The van der Waals surface area contributed by atoms with Gasteiger partial charge in [0.25, 0.3) is 0 Å². The van der Waals surface area contributed by atoms with Gasteiger partial charge in [0.15, 0.2) is 0 Å². The van der Waals surface area contributed by atoms with Crippen LogP contribution in [0.1, 0.15) is 12.0 Å². The van der Waals surface area contributed by atoms with Crippen molar-refractivity contribution in [1.29, 1.82) is 0 Å². The highest BCUT2D eigenvalue weighted by Gasteiger charge is 2.37. The molecule has 2 amide bonds. The lowest BCUT2D eigenvalue weighted by atomic mass is 10.1. The van der Waals surface area contributed by atoms with Crippen LogP contribution >= 0.6 is 15.9 Å². The third kappa shape index (κ3) is 3.90. The summed E-state index contributed by atoms with van der Waals surface area (Å²) in [7, 11) is 3.95. The maximum absolute atomic E-state index is 12.7. The first-order valence-electron chi connectivity index (χ1n) is 8.57. The Hall–Kier alpha value is -2.34. The third-order valence-electron chi connectivity index (χ3n) is 4.56. The molecule has 1 unspecified atom stereocenters. The lowest BCUT2D eigenvalue weighted by Gasteiger charge is -2.18. The van der Waals surface area contributed by atoms with E-state index in [0.29, 0.717) is 19.5 Å². The molecule has 1 saturated heterocycles. The van der Waals surface area contributed by atoms with Crippen molar-refractivity contribution in [3.8, 4) is 0 Å². The second kappa shape index (κ2) is 7.91. The molecule has 6 heteroatoms. The van der Waals surface area contributed by atoms with E-state index in [1.54, 1.807) is 4.90 Å². The van der Waals surface area contributed by atoms with Gasteiger partial charge in [0.05, 0.1) is 5.69 Å². The summed E-state index contributed by atoms with van der Waals surface area (Å²) in [6.07, 6.45) is 0.531. The van der Waals surface area contributed by atoms with E-state index >= 15 is 0 Å². The molecule has 0 aliphatic carbocycles. The van der Waals surface area contributed by atoms with E-state index in [1.165, 1.54) is 0 Å². The van der Waals surface area contributed by atoms with Crippen LogP contribution in [0.5, 0.6) is 0 Å². The molecule has 1 heterocycles. The summed E-state index contributed by atoms with van der Waals surface area (Å²) >= 11 is 3.47. The molecule has 0 spiro atoms. The van der Waals surface area contributed by atoms with Crippen LogP contribution in [0, 0.1) is 5.92 Å². The van der Waals surface area contributed by atoms with Gasteiger partial charge in [0, 0.05) is 37.3 Å². The smallest absolute Gasteiger partial charge is 0.239 e. The highest BCUT2D eigenvalue weighted by molar-refractivity contribution is 9.10. The summed E-state index contributed by atoms with van der Waals surface area (Å²) in [6, 6.07) is 15.6. The number of halogens is 1. The zero-order valence-electron chi connectivity index (χ0n) is 14.9. The fourth-order valence-corrected chi connectivity index (χ4v) is 3.59. The van der Waals surface area contributed by atoms with Crippen molar-refractivity contribution in [3.05, 3.63) is 58.6 Å². The average Bonchev–Trinajstić information content (AvgIpc) is 3.02. The number of hydrogen-bond donors (Lipinski definition) is 1. The summed E-state index contributed by atoms with van der Waals surface area (Å²) in [5, 5.41) is 2.91. The molecule has 3 rings (SSSR count). The van der Waals surface area contributed by atoms with Crippen LogP contribution in [-0.2, 0) is 16.1 Å². The minimum atomic E-state index is -0.626. The van der Waals surface area contributed by atoms with E-state index in [1.807, 2.05) is 67.5 Å². The fraction of sp³-hybridized carbons (Fsp3) is 0.300. The molecule has 0 bridgehead atoms. The molecule has 1 aliphatic heterocycles. The second-order valence-electron chi connectivity index (χ2n) is 6.56. The molecule has 1 atom stereocenters. The van der Waals surface area contributed by atoms with Gasteiger partial charge in [-0.05, 0) is 52.2 Å². The number of carbonyl (C=O) groups is 2. The first kappa shape index (κ1) is 18.5. The van der Waals surface area contributed by atoms with Gasteiger partial charge in [-0.15, -0.1) is 0 Å². The lowest BCUT2D eigenvalue weighted by Crippen LogP contribution is -2.36. The highest BCUT2D eigenvalue weighted by Crippen LogP contribution is 2.31. The lowest BCUT2D eigenvalue weighted by molar-refractivity contribution is -0.132. The fourth-order valence-electron chi connectivity index (χ4n) is 3.09. The Labute approximate surface area is 162 Å². The van der Waals surface area contributed by atoms with E-state index in [0.717, 1.165) is 21.4 Å². The number of benzene rings is 2. The second-order valence-corrected chi connectivity index (χ2v) is 7.42. The van der Waals surface area contributed by atoms with Crippen molar-refractivity contribution < 1.29 is 9.59 Å². The molecule has 2 aromatic rings.